The van der Waals surface area contributed by atoms with Gasteiger partial charge in [-0.1, -0.05) is 42.5 Å². The maximum Gasteiger partial charge on any atom is 0.323 e. The predicted octanol–water partition coefficient (Wildman–Crippen LogP) is 2.97. The van der Waals surface area contributed by atoms with Gasteiger partial charge in [0, 0.05) is 24.3 Å². The number of aliphatic carboxylic acids is 1. The first-order valence-corrected chi connectivity index (χ1v) is 12.1. The minimum absolute atomic E-state index is 0.0643. The number of carboxylic acid groups (broad SMARTS) is 1. The summed E-state index contributed by atoms with van der Waals surface area (Å²) in [4.78, 5) is 37.1. The zero-order valence-electron chi connectivity index (χ0n) is 21.5. The Bertz CT molecular complexity index is 1390. The average molecular weight is 555 g/mol. The largest absolute Gasteiger partial charge is 0.483 e. The average Bonchev–Trinajstić information content (AvgIpc) is 2.90. The van der Waals surface area contributed by atoms with Crippen molar-refractivity contribution in [2.45, 2.75) is 19.6 Å². The molecule has 0 saturated heterocycles. The molecule has 10 nitrogen and oxygen atoms in total. The summed E-state index contributed by atoms with van der Waals surface area (Å²) in [6.07, 6.45) is -1.78. The summed E-state index contributed by atoms with van der Waals surface area (Å²) in [7, 11) is 0. The molecule has 0 aromatic heterocycles. The number of benzene rings is 3. The number of nitrogens with two attached hydrogens (primary N) is 2. The number of ether oxygens (including phenoxy) is 2. The zero-order chi connectivity index (χ0) is 29.4. The van der Waals surface area contributed by atoms with Crippen molar-refractivity contribution in [1.29, 1.82) is 5.41 Å². The van der Waals surface area contributed by atoms with Gasteiger partial charge in [0.15, 0.2) is 12.7 Å². The van der Waals surface area contributed by atoms with E-state index in [0.29, 0.717) is 11.1 Å². The van der Waals surface area contributed by atoms with Crippen LogP contribution in [0.3, 0.4) is 0 Å². The lowest BCUT2D eigenvalue weighted by molar-refractivity contribution is -0.151. The highest BCUT2D eigenvalue weighted by Crippen LogP contribution is 2.35. The molecule has 0 aliphatic rings. The summed E-state index contributed by atoms with van der Waals surface area (Å²) in [5.41, 5.74) is 11.2. The van der Waals surface area contributed by atoms with Gasteiger partial charge in [0.2, 0.25) is 0 Å². The Morgan fingerprint density at radius 3 is 2.20 bits per heavy atom. The lowest BCUT2D eigenvalue weighted by Crippen LogP contribution is -2.39. The Hall–Kier alpha value is -4.84. The van der Waals surface area contributed by atoms with Crippen molar-refractivity contribution in [2.24, 2.45) is 11.5 Å². The molecule has 0 saturated carbocycles. The van der Waals surface area contributed by atoms with E-state index in [4.69, 9.17) is 26.4 Å². The van der Waals surface area contributed by atoms with E-state index in [-0.39, 0.29) is 35.9 Å². The van der Waals surface area contributed by atoms with Crippen molar-refractivity contribution in [3.63, 3.8) is 0 Å². The molecule has 0 aliphatic carbocycles. The molecule has 1 atom stereocenters. The van der Waals surface area contributed by atoms with Crippen LogP contribution in [-0.2, 0) is 25.7 Å². The molecule has 0 radical (unpaired) electrons. The molecule has 0 aliphatic heterocycles. The third kappa shape index (κ3) is 7.38. The normalized spacial score (nSPS) is 11.5. The van der Waals surface area contributed by atoms with Gasteiger partial charge in [0.25, 0.3) is 11.8 Å². The molecule has 0 fully saturated rings. The molecule has 1 unspecified atom stereocenters. The van der Waals surface area contributed by atoms with E-state index in [9.17, 15) is 19.5 Å². The monoisotopic (exact) mass is 554 g/mol. The van der Waals surface area contributed by atoms with Crippen LogP contribution in [0.25, 0.3) is 11.1 Å². The molecule has 0 heterocycles. The third-order valence-electron chi connectivity index (χ3n) is 5.74. The quantitative estimate of drug-likeness (QED) is 0.186. The number of hydrogen-bond donors (Lipinski definition) is 4. The highest BCUT2D eigenvalue weighted by molar-refractivity contribution is 5.95. The van der Waals surface area contributed by atoms with Crippen molar-refractivity contribution >= 4 is 23.6 Å². The number of primary amides is 1. The van der Waals surface area contributed by atoms with Crippen molar-refractivity contribution in [2.75, 3.05) is 19.8 Å². The summed E-state index contributed by atoms with van der Waals surface area (Å²) in [6.45, 7) is 0.00722. The van der Waals surface area contributed by atoms with Crippen molar-refractivity contribution in [3.05, 3.63) is 89.0 Å². The summed E-state index contributed by atoms with van der Waals surface area (Å²) in [5, 5.41) is 16.9. The van der Waals surface area contributed by atoms with Crippen LogP contribution >= 0.6 is 0 Å². The van der Waals surface area contributed by atoms with Gasteiger partial charge in [-0.05, 0) is 36.2 Å². The van der Waals surface area contributed by atoms with Gasteiger partial charge in [0.05, 0.1) is 5.56 Å². The van der Waals surface area contributed by atoms with Crippen LogP contribution in [0.5, 0.6) is 5.75 Å². The van der Waals surface area contributed by atoms with E-state index in [1.54, 1.807) is 24.3 Å². The van der Waals surface area contributed by atoms with E-state index in [0.717, 1.165) is 17.0 Å². The molecule has 40 heavy (non-hydrogen) atoms. The van der Waals surface area contributed by atoms with Crippen LogP contribution < -0.4 is 16.2 Å². The molecule has 6 N–H and O–H groups in total. The second-order valence-electron chi connectivity index (χ2n) is 8.64. The van der Waals surface area contributed by atoms with E-state index in [1.807, 2.05) is 0 Å². The number of hydrogen-bond acceptors (Lipinski definition) is 6. The molecule has 12 heteroatoms. The number of rotatable bonds is 13. The van der Waals surface area contributed by atoms with Gasteiger partial charge in [0.1, 0.15) is 29.8 Å². The number of para-hydroxylation sites is 1. The molecule has 3 aromatic rings. The summed E-state index contributed by atoms with van der Waals surface area (Å²) in [6, 6.07) is 14.4. The number of carbonyl (C=O) groups excluding carboxylic acids is 2. The van der Waals surface area contributed by atoms with E-state index >= 15 is 8.78 Å². The van der Waals surface area contributed by atoms with Crippen molar-refractivity contribution in [3.8, 4) is 16.9 Å². The molecule has 3 aromatic carbocycles. The van der Waals surface area contributed by atoms with Crippen LogP contribution in [0.4, 0.5) is 8.78 Å². The van der Waals surface area contributed by atoms with E-state index in [1.165, 1.54) is 31.2 Å². The number of amides is 2. The fourth-order valence-corrected chi connectivity index (χ4v) is 3.97. The summed E-state index contributed by atoms with van der Waals surface area (Å²) in [5.74, 6) is -5.25. The highest BCUT2D eigenvalue weighted by Gasteiger charge is 2.33. The number of carbonyl (C=O) groups is 3. The van der Waals surface area contributed by atoms with Crippen molar-refractivity contribution in [1.82, 2.24) is 4.90 Å². The number of nitrogen functional groups attached to an aromatic ring is 1. The van der Waals surface area contributed by atoms with E-state index in [2.05, 4.69) is 0 Å². The first-order valence-electron chi connectivity index (χ1n) is 12.1. The van der Waals surface area contributed by atoms with Gasteiger partial charge in [-0.2, -0.15) is 0 Å². The summed E-state index contributed by atoms with van der Waals surface area (Å²) < 4.78 is 41.8. The first-order chi connectivity index (χ1) is 19.0. The van der Waals surface area contributed by atoms with Gasteiger partial charge in [-0.3, -0.25) is 19.8 Å². The molecular formula is C28H28F2N4O6. The number of halogens is 2. The zero-order valence-corrected chi connectivity index (χ0v) is 21.5. The van der Waals surface area contributed by atoms with Crippen molar-refractivity contribution < 1.29 is 37.7 Å². The van der Waals surface area contributed by atoms with Crippen LogP contribution in [0.15, 0.2) is 60.7 Å². The van der Waals surface area contributed by atoms with Crippen LogP contribution in [0.2, 0.25) is 0 Å². The predicted molar refractivity (Wildman–Crippen MR) is 141 cm³/mol. The number of nitrogens with zero attached hydrogens (tertiary/aromatic N) is 1. The fourth-order valence-electron chi connectivity index (χ4n) is 3.97. The topological polar surface area (TPSA) is 169 Å². The van der Waals surface area contributed by atoms with Gasteiger partial charge in [-0.15, -0.1) is 0 Å². The van der Waals surface area contributed by atoms with E-state index < -0.39 is 54.2 Å². The van der Waals surface area contributed by atoms with Crippen LogP contribution in [0, 0.1) is 17.0 Å². The molecular weight excluding hydrogens is 526 g/mol. The van der Waals surface area contributed by atoms with Gasteiger partial charge >= 0.3 is 5.97 Å². The first kappa shape index (κ1) is 29.7. The standard InChI is InChI=1S/C28H28F2N4O6/c1-2-39-26(28(38)34(14-24(36)37)13-16-7-9-17(10-8-16)27(32)33)25-20(29)11-18(12-21(25)30)19-5-3-4-6-22(19)40-15-23(31)35/h3-12,26H,2,13-15H2,1H3,(H2,31,35)(H3,32,33)(H,36,37). The highest BCUT2D eigenvalue weighted by atomic mass is 19.1. The number of carboxylic acids is 1. The maximum atomic E-state index is 15.5. The SMILES string of the molecule is CCOC(C(=O)N(CC(=O)O)Cc1ccc(C(=N)N)cc1)c1c(F)cc(-c2ccccc2OCC(N)=O)cc1F. The van der Waals surface area contributed by atoms with Gasteiger partial charge in [-0.25, -0.2) is 8.78 Å². The third-order valence-corrected chi connectivity index (χ3v) is 5.74. The van der Waals surface area contributed by atoms with Crippen LogP contribution in [0.1, 0.15) is 29.7 Å². The number of amidine groups is 1. The Morgan fingerprint density at radius 2 is 1.65 bits per heavy atom. The lowest BCUT2D eigenvalue weighted by Gasteiger charge is -2.27. The maximum absolute atomic E-state index is 15.5. The smallest absolute Gasteiger partial charge is 0.323 e. The Morgan fingerprint density at radius 1 is 1.02 bits per heavy atom. The Balaban J connectivity index is 1.98. The molecule has 3 rings (SSSR count). The molecule has 0 spiro atoms. The number of nitrogens with one attached hydrogen (secondary N) is 1. The Kier molecular flexibility index (Phi) is 9.87. The second kappa shape index (κ2) is 13.3. The molecule has 210 valence electrons. The lowest BCUT2D eigenvalue weighted by atomic mass is 9.98. The minimum Gasteiger partial charge on any atom is -0.483 e. The second-order valence-corrected chi connectivity index (χ2v) is 8.64. The molecule has 0 bridgehead atoms. The molecule has 2 amide bonds. The Labute approximate surface area is 228 Å². The fraction of sp³-hybridized carbons (Fsp3) is 0.214. The van der Waals surface area contributed by atoms with Crippen LogP contribution in [-0.4, -0.2) is 53.4 Å². The van der Waals surface area contributed by atoms with Gasteiger partial charge < -0.3 is 30.9 Å². The minimum atomic E-state index is -1.78. The summed E-state index contributed by atoms with van der Waals surface area (Å²) >= 11 is 0.